The summed E-state index contributed by atoms with van der Waals surface area (Å²) in [6, 6.07) is 12.7. The molecule has 1 N–H and O–H groups in total. The molecule has 0 aliphatic heterocycles. The van der Waals surface area contributed by atoms with Crippen LogP contribution in [0.25, 0.3) is 16.8 Å². The molecule has 0 radical (unpaired) electrons. The number of aromatic amines is 1. The molecule has 0 unspecified atom stereocenters. The summed E-state index contributed by atoms with van der Waals surface area (Å²) in [5.41, 5.74) is 7.70. The Hall–Kier alpha value is -2.13. The van der Waals surface area contributed by atoms with E-state index in [9.17, 15) is 0 Å². The Bertz CT molecular complexity index is 811. The molecular weight excluding hydrogens is 300 g/mol. The molecule has 0 amide bonds. The van der Waals surface area contributed by atoms with E-state index < -0.39 is 0 Å². The van der Waals surface area contributed by atoms with Crippen LogP contribution in [0.1, 0.15) is 42.5 Å². The van der Waals surface area contributed by atoms with E-state index in [0.717, 1.165) is 12.1 Å². The molecule has 0 saturated carbocycles. The van der Waals surface area contributed by atoms with Crippen LogP contribution in [0.15, 0.2) is 53.2 Å². The van der Waals surface area contributed by atoms with Gasteiger partial charge in [-0.3, -0.25) is 5.10 Å². The van der Waals surface area contributed by atoms with Gasteiger partial charge in [-0.15, -0.1) is 0 Å². The average molecular weight is 320 g/mol. The lowest BCUT2D eigenvalue weighted by atomic mass is 9.92. The van der Waals surface area contributed by atoms with E-state index in [0.29, 0.717) is 0 Å². The topological polar surface area (TPSA) is 28.7 Å². The normalized spacial score (nSPS) is 14.7. The number of nitrogens with zero attached hydrogens (tertiary/aromatic N) is 1. The monoisotopic (exact) mass is 320 g/mol. The molecular formula is C20H20N2S. The van der Waals surface area contributed by atoms with Crippen LogP contribution < -0.4 is 0 Å². The first-order valence-electron chi connectivity index (χ1n) is 8.24. The van der Waals surface area contributed by atoms with Gasteiger partial charge in [0.15, 0.2) is 0 Å². The molecule has 0 saturated heterocycles. The highest BCUT2D eigenvalue weighted by molar-refractivity contribution is 7.08. The van der Waals surface area contributed by atoms with Crippen molar-refractivity contribution in [3.05, 3.63) is 70.1 Å². The van der Waals surface area contributed by atoms with Crippen molar-refractivity contribution in [2.24, 2.45) is 0 Å². The van der Waals surface area contributed by atoms with Crippen LogP contribution in [-0.4, -0.2) is 10.2 Å². The summed E-state index contributed by atoms with van der Waals surface area (Å²) in [6.07, 6.45) is 8.35. The van der Waals surface area contributed by atoms with Gasteiger partial charge in [0.05, 0.1) is 5.69 Å². The zero-order valence-electron chi connectivity index (χ0n) is 13.1. The predicted molar refractivity (Wildman–Crippen MR) is 97.6 cm³/mol. The number of hydrogen-bond acceptors (Lipinski definition) is 2. The fourth-order valence-corrected chi connectivity index (χ4v) is 4.10. The molecule has 1 aliphatic carbocycles. The number of thiophene rings is 1. The molecule has 3 aromatic rings. The molecule has 0 bridgehead atoms. The first kappa shape index (κ1) is 14.5. The number of H-pyrrole nitrogens is 1. The van der Waals surface area contributed by atoms with Crippen LogP contribution in [0.5, 0.6) is 0 Å². The SMILES string of the molecule is C1=C(c2cscc2-c2cc(Cc3ccccc3)[nH]n2)CCCC1. The quantitative estimate of drug-likeness (QED) is 0.657. The lowest BCUT2D eigenvalue weighted by Gasteiger charge is -2.12. The minimum absolute atomic E-state index is 0.899. The number of benzene rings is 1. The van der Waals surface area contributed by atoms with Gasteiger partial charge in [-0.1, -0.05) is 36.4 Å². The van der Waals surface area contributed by atoms with Crippen LogP contribution in [0.4, 0.5) is 0 Å². The van der Waals surface area contributed by atoms with E-state index in [1.165, 1.54) is 53.6 Å². The van der Waals surface area contributed by atoms with Crippen molar-refractivity contribution in [2.75, 3.05) is 0 Å². The zero-order chi connectivity index (χ0) is 15.5. The van der Waals surface area contributed by atoms with Gasteiger partial charge in [-0.25, -0.2) is 0 Å². The van der Waals surface area contributed by atoms with Gasteiger partial charge in [0, 0.05) is 23.1 Å². The Morgan fingerprint density at radius 2 is 1.91 bits per heavy atom. The molecule has 2 aromatic heterocycles. The number of allylic oxidation sites excluding steroid dienone is 2. The highest BCUT2D eigenvalue weighted by Crippen LogP contribution is 2.36. The van der Waals surface area contributed by atoms with Crippen molar-refractivity contribution in [3.8, 4) is 11.3 Å². The summed E-state index contributed by atoms with van der Waals surface area (Å²) >= 11 is 1.77. The number of aromatic nitrogens is 2. The smallest absolute Gasteiger partial charge is 0.0938 e. The van der Waals surface area contributed by atoms with Gasteiger partial charge in [0.1, 0.15) is 0 Å². The highest BCUT2D eigenvalue weighted by Gasteiger charge is 2.15. The largest absolute Gasteiger partial charge is 0.282 e. The molecule has 4 rings (SSSR count). The third-order valence-corrected chi connectivity index (χ3v) is 5.19. The van der Waals surface area contributed by atoms with Gasteiger partial charge in [-0.2, -0.15) is 16.4 Å². The van der Waals surface area contributed by atoms with Crippen LogP contribution >= 0.6 is 11.3 Å². The molecule has 0 atom stereocenters. The second kappa shape index (κ2) is 6.55. The number of rotatable bonds is 4. The van der Waals surface area contributed by atoms with E-state index in [1.807, 2.05) is 0 Å². The molecule has 1 aliphatic rings. The summed E-state index contributed by atoms with van der Waals surface area (Å²) in [4.78, 5) is 0. The van der Waals surface area contributed by atoms with E-state index >= 15 is 0 Å². The summed E-state index contributed by atoms with van der Waals surface area (Å²) in [6.45, 7) is 0. The van der Waals surface area contributed by atoms with Crippen LogP contribution in [0.3, 0.4) is 0 Å². The number of hydrogen-bond donors (Lipinski definition) is 1. The molecule has 116 valence electrons. The third kappa shape index (κ3) is 3.15. The Labute approximate surface area is 140 Å². The fraction of sp³-hybridized carbons (Fsp3) is 0.250. The maximum absolute atomic E-state index is 4.56. The van der Waals surface area contributed by atoms with Crippen LogP contribution in [0.2, 0.25) is 0 Å². The van der Waals surface area contributed by atoms with E-state index in [4.69, 9.17) is 0 Å². The molecule has 23 heavy (non-hydrogen) atoms. The van der Waals surface area contributed by atoms with Crippen molar-refractivity contribution in [1.82, 2.24) is 10.2 Å². The van der Waals surface area contributed by atoms with Gasteiger partial charge < -0.3 is 0 Å². The van der Waals surface area contributed by atoms with Crippen molar-refractivity contribution in [3.63, 3.8) is 0 Å². The van der Waals surface area contributed by atoms with Crippen molar-refractivity contribution >= 4 is 16.9 Å². The van der Waals surface area contributed by atoms with Gasteiger partial charge in [0.25, 0.3) is 0 Å². The molecule has 3 heteroatoms. The highest BCUT2D eigenvalue weighted by atomic mass is 32.1. The Morgan fingerprint density at radius 3 is 2.74 bits per heavy atom. The van der Waals surface area contributed by atoms with E-state index in [2.05, 4.69) is 63.4 Å². The minimum Gasteiger partial charge on any atom is -0.282 e. The van der Waals surface area contributed by atoms with Crippen molar-refractivity contribution < 1.29 is 0 Å². The molecule has 0 fully saturated rings. The third-order valence-electron chi connectivity index (χ3n) is 4.44. The lowest BCUT2D eigenvalue weighted by Crippen LogP contribution is -1.92. The number of nitrogens with one attached hydrogen (secondary N) is 1. The second-order valence-electron chi connectivity index (χ2n) is 6.12. The predicted octanol–water partition coefficient (Wildman–Crippen LogP) is 5.69. The van der Waals surface area contributed by atoms with Gasteiger partial charge in [-0.05, 0) is 53.8 Å². The Morgan fingerprint density at radius 1 is 1.04 bits per heavy atom. The second-order valence-corrected chi connectivity index (χ2v) is 6.86. The standard InChI is InChI=1S/C20H20N2S/c1-3-7-15(8-4-1)11-17-12-20(22-21-17)19-14-23-13-18(19)16-9-5-2-6-10-16/h1,3-4,7-9,12-14H,2,5-6,10-11H2,(H,21,22). The minimum atomic E-state index is 0.899. The maximum atomic E-state index is 4.56. The van der Waals surface area contributed by atoms with E-state index in [-0.39, 0.29) is 0 Å². The summed E-state index contributed by atoms with van der Waals surface area (Å²) in [5.74, 6) is 0. The molecule has 1 aromatic carbocycles. The van der Waals surface area contributed by atoms with Crippen LogP contribution in [-0.2, 0) is 6.42 Å². The van der Waals surface area contributed by atoms with Gasteiger partial charge >= 0.3 is 0 Å². The first-order chi connectivity index (χ1) is 11.4. The Balaban J connectivity index is 1.60. The fourth-order valence-electron chi connectivity index (χ4n) is 3.23. The summed E-state index contributed by atoms with van der Waals surface area (Å²) < 4.78 is 0. The molecule has 0 spiro atoms. The Kier molecular flexibility index (Phi) is 4.12. The average Bonchev–Trinajstić information content (AvgIpc) is 3.25. The lowest BCUT2D eigenvalue weighted by molar-refractivity contribution is 0.742. The summed E-state index contributed by atoms with van der Waals surface area (Å²) in [5, 5.41) is 12.3. The van der Waals surface area contributed by atoms with E-state index in [1.54, 1.807) is 11.3 Å². The van der Waals surface area contributed by atoms with Crippen molar-refractivity contribution in [2.45, 2.75) is 32.1 Å². The van der Waals surface area contributed by atoms with Crippen LogP contribution in [0, 0.1) is 0 Å². The molecule has 2 nitrogen and oxygen atoms in total. The zero-order valence-corrected chi connectivity index (χ0v) is 13.9. The molecule has 2 heterocycles. The first-order valence-corrected chi connectivity index (χ1v) is 9.18. The van der Waals surface area contributed by atoms with Gasteiger partial charge in [0.2, 0.25) is 0 Å². The van der Waals surface area contributed by atoms with Crippen molar-refractivity contribution in [1.29, 1.82) is 0 Å². The summed E-state index contributed by atoms with van der Waals surface area (Å²) in [7, 11) is 0. The maximum Gasteiger partial charge on any atom is 0.0938 e.